The van der Waals surface area contributed by atoms with Crippen LogP contribution in [0.3, 0.4) is 0 Å². The molecule has 38 heavy (non-hydrogen) atoms. The number of nitrogens with zero attached hydrogens (tertiary/aromatic N) is 3. The van der Waals surface area contributed by atoms with Crippen molar-refractivity contribution < 1.29 is 14.3 Å². The predicted octanol–water partition coefficient (Wildman–Crippen LogP) is 5.65. The Bertz CT molecular complexity index is 1640. The predicted molar refractivity (Wildman–Crippen MR) is 147 cm³/mol. The van der Waals surface area contributed by atoms with Gasteiger partial charge in [0.15, 0.2) is 0 Å². The number of ether oxygens (including phenoxy) is 2. The smallest absolute Gasteiger partial charge is 0.269 e. The molecule has 0 unspecified atom stereocenters. The Labute approximate surface area is 220 Å². The lowest BCUT2D eigenvalue weighted by Crippen LogP contribution is -2.20. The van der Waals surface area contributed by atoms with Crippen molar-refractivity contribution in [3.63, 3.8) is 0 Å². The van der Waals surface area contributed by atoms with Crippen LogP contribution >= 0.6 is 0 Å². The molecular formula is C30H28N4O4. The number of aromatic nitrogens is 2. The van der Waals surface area contributed by atoms with Crippen LogP contribution in [0.15, 0.2) is 77.2 Å². The third kappa shape index (κ3) is 5.57. The molecule has 4 rings (SSSR count). The van der Waals surface area contributed by atoms with Crippen molar-refractivity contribution >= 4 is 23.3 Å². The zero-order valence-corrected chi connectivity index (χ0v) is 21.9. The van der Waals surface area contributed by atoms with Gasteiger partial charge in [-0.15, -0.1) is 0 Å². The Hall–Kier alpha value is -4.90. The summed E-state index contributed by atoms with van der Waals surface area (Å²) >= 11 is 0. The Morgan fingerprint density at radius 1 is 1.08 bits per heavy atom. The molecule has 1 N–H and O–H groups in total. The molecule has 0 atom stereocenters. The van der Waals surface area contributed by atoms with Crippen LogP contribution in [-0.2, 0) is 10.2 Å². The van der Waals surface area contributed by atoms with Gasteiger partial charge in [-0.2, -0.15) is 10.2 Å². The lowest BCUT2D eigenvalue weighted by molar-refractivity contribution is -0.112. The van der Waals surface area contributed by atoms with E-state index in [-0.39, 0.29) is 22.4 Å². The van der Waals surface area contributed by atoms with E-state index in [4.69, 9.17) is 9.47 Å². The molecule has 0 aliphatic heterocycles. The maximum atomic E-state index is 13.5. The first kappa shape index (κ1) is 26.2. The lowest BCUT2D eigenvalue weighted by Gasteiger charge is -2.19. The number of methoxy groups -OCH3 is 1. The van der Waals surface area contributed by atoms with Crippen molar-refractivity contribution in [2.24, 2.45) is 0 Å². The summed E-state index contributed by atoms with van der Waals surface area (Å²) in [5, 5.41) is 12.5. The van der Waals surface area contributed by atoms with Gasteiger partial charge in [-0.05, 0) is 59.9 Å². The van der Waals surface area contributed by atoms with Gasteiger partial charge in [0.2, 0.25) is 5.88 Å². The van der Waals surface area contributed by atoms with E-state index in [0.717, 1.165) is 11.1 Å². The van der Waals surface area contributed by atoms with Crippen molar-refractivity contribution in [3.05, 3.63) is 99.5 Å². The summed E-state index contributed by atoms with van der Waals surface area (Å²) in [5.74, 6) is 0.326. The SMILES string of the molecule is COc1cccc(NC(=O)/C(C#N)=C\c2c(Oc3ccc(C(C)(C)C)cc3)nc3c(C)cccn3c2=O)c1. The van der Waals surface area contributed by atoms with Crippen molar-refractivity contribution in [3.8, 4) is 23.4 Å². The van der Waals surface area contributed by atoms with Crippen LogP contribution in [0, 0.1) is 18.3 Å². The number of amides is 1. The Morgan fingerprint density at radius 2 is 1.82 bits per heavy atom. The third-order valence-corrected chi connectivity index (χ3v) is 5.97. The molecule has 0 aliphatic rings. The number of anilines is 1. The minimum absolute atomic E-state index is 0.00487. The van der Waals surface area contributed by atoms with Gasteiger partial charge < -0.3 is 14.8 Å². The molecule has 0 radical (unpaired) electrons. The molecule has 2 aromatic heterocycles. The fraction of sp³-hybridized carbons (Fsp3) is 0.200. The summed E-state index contributed by atoms with van der Waals surface area (Å²) in [6.07, 6.45) is 2.79. The van der Waals surface area contributed by atoms with Crippen molar-refractivity contribution in [2.75, 3.05) is 12.4 Å². The molecule has 2 aromatic carbocycles. The number of nitrogens with one attached hydrogen (secondary N) is 1. The minimum atomic E-state index is -0.685. The number of fused-ring (bicyclic) bond motifs is 1. The second-order valence-electron chi connectivity index (χ2n) is 9.75. The Morgan fingerprint density at radius 3 is 2.47 bits per heavy atom. The second-order valence-corrected chi connectivity index (χ2v) is 9.75. The zero-order chi connectivity index (χ0) is 27.4. The molecule has 8 heteroatoms. The normalized spacial score (nSPS) is 11.6. The van der Waals surface area contributed by atoms with Crippen LogP contribution in [-0.4, -0.2) is 22.4 Å². The number of nitriles is 1. The van der Waals surface area contributed by atoms with Crippen LogP contribution in [0.5, 0.6) is 17.4 Å². The average Bonchev–Trinajstić information content (AvgIpc) is 2.89. The van der Waals surface area contributed by atoms with Gasteiger partial charge in [0, 0.05) is 18.0 Å². The second kappa shape index (κ2) is 10.6. The topological polar surface area (TPSA) is 106 Å². The molecule has 0 saturated heterocycles. The number of carbonyl (C=O) groups excluding carboxylic acids is 1. The van der Waals surface area contributed by atoms with Gasteiger partial charge in [-0.25, -0.2) is 0 Å². The van der Waals surface area contributed by atoms with E-state index >= 15 is 0 Å². The molecule has 0 fully saturated rings. The van der Waals surface area contributed by atoms with Crippen LogP contribution in [0.2, 0.25) is 0 Å². The summed E-state index contributed by atoms with van der Waals surface area (Å²) in [6, 6.07) is 19.7. The number of hydrogen-bond donors (Lipinski definition) is 1. The van der Waals surface area contributed by atoms with Gasteiger partial charge in [0.25, 0.3) is 11.5 Å². The summed E-state index contributed by atoms with van der Waals surface area (Å²) in [7, 11) is 1.52. The van der Waals surface area contributed by atoms with Crippen LogP contribution < -0.4 is 20.3 Å². The maximum absolute atomic E-state index is 13.5. The van der Waals surface area contributed by atoms with E-state index in [1.54, 1.807) is 48.7 Å². The highest BCUT2D eigenvalue weighted by molar-refractivity contribution is 6.09. The van der Waals surface area contributed by atoms with Crippen LogP contribution in [0.1, 0.15) is 37.5 Å². The largest absolute Gasteiger partial charge is 0.497 e. The minimum Gasteiger partial charge on any atom is -0.497 e. The summed E-state index contributed by atoms with van der Waals surface area (Å²) in [6.45, 7) is 8.17. The van der Waals surface area contributed by atoms with E-state index in [1.807, 2.05) is 31.2 Å². The standard InChI is InChI=1S/C30H28N4O4/c1-19-8-7-15-34-26(19)33-28(38-23-13-11-21(12-14-23)30(2,3)4)25(29(34)36)16-20(18-31)27(35)32-22-9-6-10-24(17-22)37-5/h6-17H,1-5H3,(H,32,35)/b20-16-. The fourth-order valence-electron chi connectivity index (χ4n) is 3.82. The molecule has 192 valence electrons. The summed E-state index contributed by atoms with van der Waals surface area (Å²) in [5.41, 5.74) is 1.92. The Balaban J connectivity index is 1.79. The molecule has 0 aliphatic carbocycles. The van der Waals surface area contributed by atoms with Crippen molar-refractivity contribution in [2.45, 2.75) is 33.1 Å². The molecule has 2 heterocycles. The number of aryl methyl sites for hydroxylation is 1. The lowest BCUT2D eigenvalue weighted by atomic mass is 9.87. The van der Waals surface area contributed by atoms with Crippen molar-refractivity contribution in [1.29, 1.82) is 5.26 Å². The van der Waals surface area contributed by atoms with Gasteiger partial charge in [0.1, 0.15) is 34.4 Å². The quantitative estimate of drug-likeness (QED) is 0.267. The number of rotatable bonds is 6. The van der Waals surface area contributed by atoms with Gasteiger partial charge in [-0.1, -0.05) is 45.0 Å². The van der Waals surface area contributed by atoms with Crippen LogP contribution in [0.4, 0.5) is 5.69 Å². The molecule has 8 nitrogen and oxygen atoms in total. The molecule has 4 aromatic rings. The number of hydrogen-bond acceptors (Lipinski definition) is 6. The Kier molecular flexibility index (Phi) is 7.31. The van der Waals surface area contributed by atoms with Gasteiger partial charge in [0.05, 0.1) is 7.11 Å². The summed E-state index contributed by atoms with van der Waals surface area (Å²) in [4.78, 5) is 31.1. The van der Waals surface area contributed by atoms with Crippen molar-refractivity contribution in [1.82, 2.24) is 9.38 Å². The molecule has 0 bridgehead atoms. The van der Waals surface area contributed by atoms with Gasteiger partial charge >= 0.3 is 0 Å². The highest BCUT2D eigenvalue weighted by Crippen LogP contribution is 2.28. The highest BCUT2D eigenvalue weighted by Gasteiger charge is 2.19. The first-order chi connectivity index (χ1) is 18.1. The molecule has 0 saturated carbocycles. The van der Waals surface area contributed by atoms with E-state index in [2.05, 4.69) is 31.1 Å². The third-order valence-electron chi connectivity index (χ3n) is 5.97. The average molecular weight is 509 g/mol. The van der Waals surface area contributed by atoms with E-state index in [1.165, 1.54) is 17.6 Å². The monoisotopic (exact) mass is 508 g/mol. The molecule has 0 spiro atoms. The first-order valence-corrected chi connectivity index (χ1v) is 12.0. The van der Waals surface area contributed by atoms with E-state index < -0.39 is 11.5 Å². The maximum Gasteiger partial charge on any atom is 0.269 e. The number of pyridine rings is 1. The van der Waals surface area contributed by atoms with E-state index in [0.29, 0.717) is 22.8 Å². The van der Waals surface area contributed by atoms with Crippen LogP contribution in [0.25, 0.3) is 11.7 Å². The molecule has 1 amide bonds. The number of benzene rings is 2. The number of carbonyl (C=O) groups is 1. The highest BCUT2D eigenvalue weighted by atomic mass is 16.5. The van der Waals surface area contributed by atoms with E-state index in [9.17, 15) is 14.9 Å². The summed E-state index contributed by atoms with van der Waals surface area (Å²) < 4.78 is 12.6. The fourth-order valence-corrected chi connectivity index (χ4v) is 3.82. The molecular weight excluding hydrogens is 480 g/mol. The zero-order valence-electron chi connectivity index (χ0n) is 21.9. The van der Waals surface area contributed by atoms with Gasteiger partial charge in [-0.3, -0.25) is 14.0 Å². The first-order valence-electron chi connectivity index (χ1n) is 12.0.